The topological polar surface area (TPSA) is 65.7 Å². The molecule has 1 aliphatic carbocycles. The number of fused-ring (bicyclic) bond motifs is 1. The van der Waals surface area contributed by atoms with Crippen LogP contribution in [0.2, 0.25) is 0 Å². The van der Waals surface area contributed by atoms with Crippen molar-refractivity contribution in [3.8, 4) is 0 Å². The molecule has 0 unspecified atom stereocenters. The smallest absolute Gasteiger partial charge is 0.407 e. The Morgan fingerprint density at radius 1 is 1.28 bits per heavy atom. The third-order valence-electron chi connectivity index (χ3n) is 5.13. The van der Waals surface area contributed by atoms with Gasteiger partial charge in [0.05, 0.1) is 11.8 Å². The molecule has 6 nitrogen and oxygen atoms in total. The molecule has 1 aliphatic heterocycles. The molecule has 4 rings (SSSR count). The van der Waals surface area contributed by atoms with E-state index >= 15 is 0 Å². The quantitative estimate of drug-likeness (QED) is 0.634. The zero-order valence-corrected chi connectivity index (χ0v) is 14.7. The monoisotopic (exact) mass is 345 g/mol. The van der Waals surface area contributed by atoms with Crippen LogP contribution in [0.15, 0.2) is 23.6 Å². The van der Waals surface area contributed by atoms with Crippen LogP contribution in [-0.4, -0.2) is 35.4 Å². The molecule has 1 saturated heterocycles. The third kappa shape index (κ3) is 2.87. The van der Waals surface area contributed by atoms with Gasteiger partial charge in [-0.15, -0.1) is 0 Å². The zero-order chi connectivity index (χ0) is 17.8. The van der Waals surface area contributed by atoms with Crippen LogP contribution in [0.1, 0.15) is 39.7 Å². The molecular weight excluding hydrogens is 324 g/mol. The van der Waals surface area contributed by atoms with E-state index in [0.717, 1.165) is 0 Å². The lowest BCUT2D eigenvalue weighted by atomic mass is 9.74. The Kier molecular flexibility index (Phi) is 3.74. The largest absolute Gasteiger partial charge is 0.494 e. The molecule has 132 valence electrons. The van der Waals surface area contributed by atoms with E-state index < -0.39 is 12.7 Å². The zero-order valence-electron chi connectivity index (χ0n) is 14.7. The summed E-state index contributed by atoms with van der Waals surface area (Å²) in [5.41, 5.74) is 1.08. The summed E-state index contributed by atoms with van der Waals surface area (Å²) in [6.45, 7) is 7.07. The number of rotatable bonds is 3. The Hall–Kier alpha value is -1.80. The predicted molar refractivity (Wildman–Crippen MR) is 93.2 cm³/mol. The van der Waals surface area contributed by atoms with Gasteiger partial charge in [0.1, 0.15) is 16.9 Å². The lowest BCUT2D eigenvalue weighted by Gasteiger charge is -2.40. The fourth-order valence-corrected chi connectivity index (χ4v) is 3.67. The van der Waals surface area contributed by atoms with Gasteiger partial charge in [-0.3, -0.25) is 0 Å². The number of hydrogen-bond donors (Lipinski definition) is 0. The fourth-order valence-electron chi connectivity index (χ4n) is 3.67. The van der Waals surface area contributed by atoms with Crippen LogP contribution >= 0.6 is 0 Å². The SMILES string of the molecule is CC1(C)COB(c2cc(F)c3c(c2)ncn3C2CC(C)(N=O)C2)OC1. The van der Waals surface area contributed by atoms with E-state index in [-0.39, 0.29) is 17.3 Å². The first-order valence-corrected chi connectivity index (χ1v) is 8.54. The van der Waals surface area contributed by atoms with Gasteiger partial charge in [-0.1, -0.05) is 19.0 Å². The van der Waals surface area contributed by atoms with Gasteiger partial charge in [0.2, 0.25) is 0 Å². The van der Waals surface area contributed by atoms with Gasteiger partial charge in [0.15, 0.2) is 0 Å². The average molecular weight is 345 g/mol. The number of aromatic nitrogens is 2. The van der Waals surface area contributed by atoms with Gasteiger partial charge in [0, 0.05) is 24.7 Å². The molecule has 0 N–H and O–H groups in total. The molecule has 1 aromatic carbocycles. The molecule has 0 radical (unpaired) electrons. The summed E-state index contributed by atoms with van der Waals surface area (Å²) in [4.78, 5) is 15.2. The van der Waals surface area contributed by atoms with Gasteiger partial charge >= 0.3 is 7.12 Å². The lowest BCUT2D eigenvalue weighted by Crippen LogP contribution is -2.47. The molecular formula is C17H21BFN3O3. The number of imidazole rings is 1. The third-order valence-corrected chi connectivity index (χ3v) is 5.13. The predicted octanol–water partition coefficient (Wildman–Crippen LogP) is 2.80. The summed E-state index contributed by atoms with van der Waals surface area (Å²) in [5, 5.41) is 3.16. The molecule has 0 amide bonds. The Labute approximate surface area is 145 Å². The minimum atomic E-state index is -0.566. The fraction of sp³-hybridized carbons (Fsp3) is 0.588. The number of nitrogens with zero attached hydrogens (tertiary/aromatic N) is 3. The molecule has 25 heavy (non-hydrogen) atoms. The Balaban J connectivity index is 1.61. The molecule has 2 heterocycles. The molecule has 0 spiro atoms. The first-order valence-electron chi connectivity index (χ1n) is 8.54. The highest BCUT2D eigenvalue weighted by molar-refractivity contribution is 6.61. The van der Waals surface area contributed by atoms with Crippen LogP contribution in [0, 0.1) is 16.1 Å². The maximum absolute atomic E-state index is 14.8. The summed E-state index contributed by atoms with van der Waals surface area (Å²) in [7, 11) is -0.566. The van der Waals surface area contributed by atoms with Gasteiger partial charge < -0.3 is 13.9 Å². The lowest BCUT2D eigenvalue weighted by molar-refractivity contribution is 0.0343. The van der Waals surface area contributed by atoms with Crippen molar-refractivity contribution >= 4 is 23.6 Å². The minimum Gasteiger partial charge on any atom is -0.407 e. The summed E-state index contributed by atoms with van der Waals surface area (Å²) in [6, 6.07) is 3.32. The highest BCUT2D eigenvalue weighted by Crippen LogP contribution is 2.45. The van der Waals surface area contributed by atoms with Gasteiger partial charge in [-0.05, 0) is 37.4 Å². The number of benzene rings is 1. The highest BCUT2D eigenvalue weighted by atomic mass is 19.1. The van der Waals surface area contributed by atoms with E-state index in [0.29, 0.717) is 42.6 Å². The number of halogens is 1. The van der Waals surface area contributed by atoms with Crippen LogP contribution < -0.4 is 5.46 Å². The van der Waals surface area contributed by atoms with Crippen molar-refractivity contribution in [1.29, 1.82) is 0 Å². The van der Waals surface area contributed by atoms with Crippen molar-refractivity contribution in [1.82, 2.24) is 9.55 Å². The van der Waals surface area contributed by atoms with Crippen molar-refractivity contribution in [2.75, 3.05) is 13.2 Å². The van der Waals surface area contributed by atoms with Crippen molar-refractivity contribution in [2.45, 2.75) is 45.2 Å². The molecule has 1 saturated carbocycles. The first-order chi connectivity index (χ1) is 11.8. The molecule has 2 fully saturated rings. The Morgan fingerprint density at radius 3 is 2.60 bits per heavy atom. The second kappa shape index (κ2) is 5.61. The van der Waals surface area contributed by atoms with E-state index in [4.69, 9.17) is 9.31 Å². The van der Waals surface area contributed by atoms with Crippen LogP contribution in [0.5, 0.6) is 0 Å². The standard InChI is InChI=1S/C17H21BFN3O3/c1-16(2)8-24-18(25-9-16)11-4-13(19)15-14(5-11)20-10-22(15)12-6-17(3,7-12)21-23/h4-5,10,12H,6-9H2,1-3H3. The first kappa shape index (κ1) is 16.7. The van der Waals surface area contributed by atoms with E-state index in [1.807, 2.05) is 17.6 Å². The molecule has 0 bridgehead atoms. The highest BCUT2D eigenvalue weighted by Gasteiger charge is 2.43. The maximum atomic E-state index is 14.8. The molecule has 2 aliphatic rings. The summed E-state index contributed by atoms with van der Waals surface area (Å²) in [6.07, 6.45) is 2.85. The van der Waals surface area contributed by atoms with Crippen molar-refractivity contribution in [2.24, 2.45) is 10.6 Å². The number of hydrogen-bond acceptors (Lipinski definition) is 5. The summed E-state index contributed by atoms with van der Waals surface area (Å²) in [5.74, 6) is -0.352. The normalized spacial score (nSPS) is 28.8. The Bertz CT molecular complexity index is 822. The number of nitroso groups, excluding NO2 is 1. The molecule has 8 heteroatoms. The van der Waals surface area contributed by atoms with Crippen LogP contribution in [0.25, 0.3) is 11.0 Å². The van der Waals surface area contributed by atoms with Crippen molar-refractivity contribution in [3.05, 3.63) is 29.2 Å². The molecule has 2 aromatic rings. The van der Waals surface area contributed by atoms with Gasteiger partial charge in [-0.2, -0.15) is 4.91 Å². The average Bonchev–Trinajstić information content (AvgIpc) is 2.96. The molecule has 0 atom stereocenters. The van der Waals surface area contributed by atoms with E-state index in [9.17, 15) is 9.30 Å². The van der Waals surface area contributed by atoms with E-state index in [1.54, 1.807) is 6.33 Å². The van der Waals surface area contributed by atoms with E-state index in [2.05, 4.69) is 24.0 Å². The van der Waals surface area contributed by atoms with E-state index in [1.165, 1.54) is 6.07 Å². The minimum absolute atomic E-state index is 0.0375. The molecule has 1 aromatic heterocycles. The second-order valence-corrected chi connectivity index (χ2v) is 8.29. The van der Waals surface area contributed by atoms with Gasteiger partial charge in [-0.25, -0.2) is 9.37 Å². The van der Waals surface area contributed by atoms with Gasteiger partial charge in [0.25, 0.3) is 0 Å². The van der Waals surface area contributed by atoms with Crippen molar-refractivity contribution in [3.63, 3.8) is 0 Å². The maximum Gasteiger partial charge on any atom is 0.494 e. The Morgan fingerprint density at radius 2 is 1.96 bits per heavy atom. The summed E-state index contributed by atoms with van der Waals surface area (Å²) < 4.78 is 28.1. The van der Waals surface area contributed by atoms with Crippen LogP contribution in [0.4, 0.5) is 4.39 Å². The van der Waals surface area contributed by atoms with Crippen LogP contribution in [0.3, 0.4) is 0 Å². The van der Waals surface area contributed by atoms with Crippen LogP contribution in [-0.2, 0) is 9.31 Å². The summed E-state index contributed by atoms with van der Waals surface area (Å²) >= 11 is 0. The van der Waals surface area contributed by atoms with Crippen molar-refractivity contribution < 1.29 is 13.7 Å². The second-order valence-electron chi connectivity index (χ2n) is 8.29.